The molecule has 0 bridgehead atoms. The molecular weight excluding hydrogens is 441 g/mol. The van der Waals surface area contributed by atoms with E-state index in [0.717, 1.165) is 0 Å². The normalized spacial score (nSPS) is 15.3. The van der Waals surface area contributed by atoms with Crippen LogP contribution in [0.4, 0.5) is 5.69 Å². The highest BCUT2D eigenvalue weighted by atomic mass is 35.5. The summed E-state index contributed by atoms with van der Waals surface area (Å²) in [5, 5.41) is 11.1. The molecule has 0 saturated carbocycles. The fraction of sp³-hybridized carbons (Fsp3) is 0.278. The maximum absolute atomic E-state index is 12.8. The third kappa shape index (κ3) is 4.87. The number of carbonyl (C=O) groups is 1. The van der Waals surface area contributed by atoms with Crippen LogP contribution >= 0.6 is 23.2 Å². The number of halogens is 2. The molecule has 1 fully saturated rings. The molecule has 2 aromatic rings. The molecular formula is C18H17Cl2N3O5S. The topological polar surface area (TPSA) is 101 Å². The van der Waals surface area contributed by atoms with E-state index >= 15 is 0 Å². The molecule has 1 aliphatic rings. The number of nitro groups is 1. The third-order valence-corrected chi connectivity index (χ3v) is 7.22. The molecule has 1 saturated heterocycles. The second kappa shape index (κ2) is 8.66. The van der Waals surface area contributed by atoms with Crippen LogP contribution in [-0.2, 0) is 21.2 Å². The van der Waals surface area contributed by atoms with Crippen molar-refractivity contribution in [2.45, 2.75) is 11.3 Å². The third-order valence-electron chi connectivity index (χ3n) is 4.60. The number of nitro benzene ring substituents is 1. The van der Waals surface area contributed by atoms with Crippen LogP contribution in [0.3, 0.4) is 0 Å². The first kappa shape index (κ1) is 21.5. The quantitative estimate of drug-likeness (QED) is 0.507. The number of amides is 1. The Morgan fingerprint density at radius 1 is 1.03 bits per heavy atom. The van der Waals surface area contributed by atoms with Gasteiger partial charge in [0.25, 0.3) is 5.69 Å². The highest BCUT2D eigenvalue weighted by Gasteiger charge is 2.31. The molecule has 1 heterocycles. The zero-order valence-electron chi connectivity index (χ0n) is 15.1. The Kier molecular flexibility index (Phi) is 6.42. The van der Waals surface area contributed by atoms with Crippen LogP contribution in [0.1, 0.15) is 5.56 Å². The molecule has 0 atom stereocenters. The predicted molar refractivity (Wildman–Crippen MR) is 109 cm³/mol. The Balaban J connectivity index is 1.63. The van der Waals surface area contributed by atoms with E-state index in [1.165, 1.54) is 46.8 Å². The maximum atomic E-state index is 12.8. The lowest BCUT2D eigenvalue weighted by molar-refractivity contribution is -0.384. The molecule has 8 nitrogen and oxygen atoms in total. The van der Waals surface area contributed by atoms with Crippen molar-refractivity contribution in [1.82, 2.24) is 9.21 Å². The summed E-state index contributed by atoms with van der Waals surface area (Å²) >= 11 is 11.9. The van der Waals surface area contributed by atoms with E-state index in [1.807, 2.05) is 0 Å². The largest absolute Gasteiger partial charge is 0.340 e. The molecule has 29 heavy (non-hydrogen) atoms. The van der Waals surface area contributed by atoms with Gasteiger partial charge in [0.05, 0.1) is 16.4 Å². The number of carbonyl (C=O) groups excluding carboxylic acids is 1. The van der Waals surface area contributed by atoms with E-state index in [-0.39, 0.29) is 59.1 Å². The maximum Gasteiger partial charge on any atom is 0.269 e. The van der Waals surface area contributed by atoms with Gasteiger partial charge in [-0.2, -0.15) is 4.31 Å². The predicted octanol–water partition coefficient (Wildman–Crippen LogP) is 2.98. The van der Waals surface area contributed by atoms with Crippen LogP contribution in [0.5, 0.6) is 0 Å². The zero-order valence-corrected chi connectivity index (χ0v) is 17.5. The highest BCUT2D eigenvalue weighted by Crippen LogP contribution is 2.28. The summed E-state index contributed by atoms with van der Waals surface area (Å²) in [5.41, 5.74) is 0.612. The molecule has 0 unspecified atom stereocenters. The van der Waals surface area contributed by atoms with Crippen LogP contribution in [0.2, 0.25) is 10.0 Å². The van der Waals surface area contributed by atoms with Crippen molar-refractivity contribution in [3.63, 3.8) is 0 Å². The second-order valence-corrected chi connectivity index (χ2v) is 9.21. The average Bonchev–Trinajstić information content (AvgIpc) is 2.70. The van der Waals surface area contributed by atoms with Gasteiger partial charge in [0.2, 0.25) is 15.9 Å². The summed E-state index contributed by atoms with van der Waals surface area (Å²) in [6.45, 7) is 0.751. The Hall–Kier alpha value is -2.20. The summed E-state index contributed by atoms with van der Waals surface area (Å²) in [6.07, 6.45) is 0.0882. The van der Waals surface area contributed by atoms with Crippen molar-refractivity contribution in [3.8, 4) is 0 Å². The van der Waals surface area contributed by atoms with Gasteiger partial charge in [0.15, 0.2) is 0 Å². The smallest absolute Gasteiger partial charge is 0.269 e. The molecule has 2 aromatic carbocycles. The summed E-state index contributed by atoms with van der Waals surface area (Å²) in [6, 6.07) is 10.0. The Labute approximate surface area is 177 Å². The van der Waals surface area contributed by atoms with E-state index < -0.39 is 14.9 Å². The summed E-state index contributed by atoms with van der Waals surface area (Å²) in [5.74, 6) is -0.170. The van der Waals surface area contributed by atoms with Crippen molar-refractivity contribution >= 4 is 44.8 Å². The molecule has 0 radical (unpaired) electrons. The van der Waals surface area contributed by atoms with Gasteiger partial charge in [-0.05, 0) is 23.8 Å². The highest BCUT2D eigenvalue weighted by molar-refractivity contribution is 7.89. The number of non-ortho nitro benzene ring substituents is 1. The molecule has 1 amide bonds. The Bertz CT molecular complexity index is 1040. The van der Waals surface area contributed by atoms with Gasteiger partial charge in [-0.1, -0.05) is 35.3 Å². The standard InChI is InChI=1S/C18H17Cl2N3O5S/c19-14-3-6-16(20)17(12-14)29(27,28)22-9-7-21(8-10-22)18(24)11-13-1-4-15(5-2-13)23(25)26/h1-6,12H,7-11H2. The van der Waals surface area contributed by atoms with Crippen LogP contribution < -0.4 is 0 Å². The fourth-order valence-electron chi connectivity index (χ4n) is 3.01. The van der Waals surface area contributed by atoms with Crippen molar-refractivity contribution in [1.29, 1.82) is 0 Å². The lowest BCUT2D eigenvalue weighted by Crippen LogP contribution is -2.50. The molecule has 11 heteroatoms. The zero-order chi connectivity index (χ0) is 21.2. The van der Waals surface area contributed by atoms with Gasteiger partial charge < -0.3 is 4.90 Å². The fourth-order valence-corrected chi connectivity index (χ4v) is 5.17. The minimum atomic E-state index is -3.82. The molecule has 0 spiro atoms. The van der Waals surface area contributed by atoms with E-state index in [1.54, 1.807) is 4.90 Å². The number of hydrogen-bond donors (Lipinski definition) is 0. The molecule has 0 aromatic heterocycles. The van der Waals surface area contributed by atoms with E-state index in [4.69, 9.17) is 23.2 Å². The Morgan fingerprint density at radius 2 is 1.66 bits per heavy atom. The van der Waals surface area contributed by atoms with Gasteiger partial charge in [0, 0.05) is 43.3 Å². The van der Waals surface area contributed by atoms with Crippen molar-refractivity contribution in [2.75, 3.05) is 26.2 Å². The van der Waals surface area contributed by atoms with Crippen LogP contribution in [0, 0.1) is 10.1 Å². The average molecular weight is 458 g/mol. The van der Waals surface area contributed by atoms with Crippen LogP contribution in [0.25, 0.3) is 0 Å². The first-order valence-corrected chi connectivity index (χ1v) is 10.8. The number of rotatable bonds is 5. The SMILES string of the molecule is O=C(Cc1ccc([N+](=O)[O-])cc1)N1CCN(S(=O)(=O)c2cc(Cl)ccc2Cl)CC1. The van der Waals surface area contributed by atoms with Gasteiger partial charge in [-0.3, -0.25) is 14.9 Å². The number of nitrogens with zero attached hydrogens (tertiary/aromatic N) is 3. The molecule has 154 valence electrons. The van der Waals surface area contributed by atoms with Crippen molar-refractivity contribution in [3.05, 3.63) is 68.2 Å². The van der Waals surface area contributed by atoms with Crippen molar-refractivity contribution < 1.29 is 18.1 Å². The van der Waals surface area contributed by atoms with E-state index in [9.17, 15) is 23.3 Å². The summed E-state index contributed by atoms with van der Waals surface area (Å²) in [7, 11) is -3.82. The molecule has 0 N–H and O–H groups in total. The van der Waals surface area contributed by atoms with E-state index in [0.29, 0.717) is 5.56 Å². The van der Waals surface area contributed by atoms with Crippen LogP contribution in [-0.4, -0.2) is 54.6 Å². The van der Waals surface area contributed by atoms with Gasteiger partial charge >= 0.3 is 0 Å². The molecule has 3 rings (SSSR count). The summed E-state index contributed by atoms with van der Waals surface area (Å²) < 4.78 is 27.0. The first-order chi connectivity index (χ1) is 13.7. The van der Waals surface area contributed by atoms with Gasteiger partial charge in [-0.25, -0.2) is 8.42 Å². The summed E-state index contributed by atoms with van der Waals surface area (Å²) in [4.78, 5) is 24.2. The van der Waals surface area contributed by atoms with Crippen molar-refractivity contribution in [2.24, 2.45) is 0 Å². The van der Waals surface area contributed by atoms with Gasteiger partial charge in [-0.15, -0.1) is 0 Å². The number of hydrogen-bond acceptors (Lipinski definition) is 5. The Morgan fingerprint density at radius 3 is 2.24 bits per heavy atom. The number of piperazine rings is 1. The second-order valence-electron chi connectivity index (χ2n) is 6.46. The first-order valence-electron chi connectivity index (χ1n) is 8.65. The monoisotopic (exact) mass is 457 g/mol. The molecule has 0 aliphatic carbocycles. The lowest BCUT2D eigenvalue weighted by Gasteiger charge is -2.34. The minimum absolute atomic E-state index is 0.0419. The number of sulfonamides is 1. The van der Waals surface area contributed by atoms with Gasteiger partial charge in [0.1, 0.15) is 4.90 Å². The molecule has 1 aliphatic heterocycles. The lowest BCUT2D eigenvalue weighted by atomic mass is 10.1. The number of benzene rings is 2. The van der Waals surface area contributed by atoms with E-state index in [2.05, 4.69) is 0 Å². The minimum Gasteiger partial charge on any atom is -0.340 e. The van der Waals surface area contributed by atoms with Crippen LogP contribution in [0.15, 0.2) is 47.4 Å².